The predicted octanol–water partition coefficient (Wildman–Crippen LogP) is 12.3. The SMILES string of the molecule is N#Cc1cc(-c2cccc(C#N)c2-n2c3ccc(C#N)cc3c3cccc(-n4c5ccccc5c5ccccc54)c32)cc(-n2c3ccccc3c3ccccc32)c1. The average Bonchev–Trinajstić information content (AvgIpc) is 3.91. The van der Waals surface area contributed by atoms with Gasteiger partial charge in [0.05, 0.1) is 73.3 Å². The van der Waals surface area contributed by atoms with E-state index in [2.05, 4.69) is 141 Å². The van der Waals surface area contributed by atoms with Crippen molar-refractivity contribution in [3.05, 3.63) is 187 Å². The van der Waals surface area contributed by atoms with Gasteiger partial charge in [-0.05, 0) is 78.4 Å². The zero-order valence-corrected chi connectivity index (χ0v) is 30.3. The molecule has 0 saturated heterocycles. The predicted molar refractivity (Wildman–Crippen MR) is 229 cm³/mol. The van der Waals surface area contributed by atoms with Gasteiger partial charge in [-0.2, -0.15) is 15.8 Å². The highest BCUT2D eigenvalue weighted by molar-refractivity contribution is 6.16. The van der Waals surface area contributed by atoms with Crippen molar-refractivity contribution in [2.75, 3.05) is 0 Å². The number of aromatic nitrogens is 3. The van der Waals surface area contributed by atoms with Crippen LogP contribution in [0.1, 0.15) is 16.7 Å². The maximum atomic E-state index is 10.9. The Balaban J connectivity index is 1.27. The molecule has 0 fully saturated rings. The number of hydrogen-bond acceptors (Lipinski definition) is 3. The Hall–Kier alpha value is -8.37. The molecule has 0 saturated carbocycles. The molecule has 262 valence electrons. The number of hydrogen-bond donors (Lipinski definition) is 0. The molecule has 11 aromatic rings. The molecular weight excluding hydrogens is 697 g/mol. The molecule has 0 N–H and O–H groups in total. The first-order valence-electron chi connectivity index (χ1n) is 18.7. The summed E-state index contributed by atoms with van der Waals surface area (Å²) in [5, 5.41) is 37.9. The van der Waals surface area contributed by atoms with Crippen molar-refractivity contribution < 1.29 is 0 Å². The summed E-state index contributed by atoms with van der Waals surface area (Å²) in [7, 11) is 0. The maximum Gasteiger partial charge on any atom is 0.101 e. The van der Waals surface area contributed by atoms with Crippen molar-refractivity contribution in [1.29, 1.82) is 15.8 Å². The van der Waals surface area contributed by atoms with Crippen molar-refractivity contribution in [3.8, 4) is 46.4 Å². The van der Waals surface area contributed by atoms with Gasteiger partial charge in [-0.3, -0.25) is 0 Å². The molecule has 0 aliphatic rings. The fraction of sp³-hybridized carbons (Fsp3) is 0. The van der Waals surface area contributed by atoms with Crippen molar-refractivity contribution in [2.45, 2.75) is 0 Å². The number of rotatable bonds is 4. The molecule has 0 spiro atoms. The quantitative estimate of drug-likeness (QED) is 0.181. The molecule has 0 unspecified atom stereocenters. The van der Waals surface area contributed by atoms with Gasteiger partial charge in [0.2, 0.25) is 0 Å². The lowest BCUT2D eigenvalue weighted by Gasteiger charge is -2.19. The van der Waals surface area contributed by atoms with Crippen LogP contribution in [0.3, 0.4) is 0 Å². The van der Waals surface area contributed by atoms with E-state index in [9.17, 15) is 15.8 Å². The first-order chi connectivity index (χ1) is 28.2. The second-order valence-electron chi connectivity index (χ2n) is 14.3. The van der Waals surface area contributed by atoms with Crippen LogP contribution in [0.15, 0.2) is 170 Å². The molecule has 3 heterocycles. The van der Waals surface area contributed by atoms with Crippen molar-refractivity contribution >= 4 is 65.4 Å². The largest absolute Gasteiger partial charge is 0.309 e. The number of para-hydroxylation sites is 6. The van der Waals surface area contributed by atoms with Gasteiger partial charge in [0.25, 0.3) is 0 Å². The highest BCUT2D eigenvalue weighted by Crippen LogP contribution is 2.43. The Morgan fingerprint density at radius 1 is 0.368 bits per heavy atom. The topological polar surface area (TPSA) is 86.2 Å². The minimum absolute atomic E-state index is 0.480. The molecule has 0 amide bonds. The first-order valence-corrected chi connectivity index (χ1v) is 18.7. The van der Waals surface area contributed by atoms with E-state index in [1.165, 1.54) is 0 Å². The molecule has 0 aliphatic heterocycles. The lowest BCUT2D eigenvalue weighted by Crippen LogP contribution is -2.04. The third-order valence-electron chi connectivity index (χ3n) is 11.3. The van der Waals surface area contributed by atoms with E-state index in [0.29, 0.717) is 22.4 Å². The molecule has 11 rings (SSSR count). The number of nitrogens with zero attached hydrogens (tertiary/aromatic N) is 6. The monoisotopic (exact) mass is 724 g/mol. The first kappa shape index (κ1) is 32.1. The Morgan fingerprint density at radius 3 is 1.51 bits per heavy atom. The summed E-state index contributed by atoms with van der Waals surface area (Å²) in [6.07, 6.45) is 0. The van der Waals surface area contributed by atoms with Crippen LogP contribution in [-0.4, -0.2) is 13.7 Å². The lowest BCUT2D eigenvalue weighted by atomic mass is 9.97. The Kier molecular flexibility index (Phi) is 6.95. The smallest absolute Gasteiger partial charge is 0.101 e. The van der Waals surface area contributed by atoms with E-state index in [-0.39, 0.29) is 0 Å². The third kappa shape index (κ3) is 4.61. The second kappa shape index (κ2) is 12.3. The van der Waals surface area contributed by atoms with Crippen LogP contribution in [0.2, 0.25) is 0 Å². The summed E-state index contributed by atoms with van der Waals surface area (Å²) >= 11 is 0. The van der Waals surface area contributed by atoms with Crippen LogP contribution in [0.5, 0.6) is 0 Å². The van der Waals surface area contributed by atoms with Gasteiger partial charge in [-0.25, -0.2) is 0 Å². The summed E-state index contributed by atoms with van der Waals surface area (Å²) in [5.41, 5.74) is 11.6. The van der Waals surface area contributed by atoms with E-state index in [1.54, 1.807) is 0 Å². The summed E-state index contributed by atoms with van der Waals surface area (Å²) in [6.45, 7) is 0. The normalized spacial score (nSPS) is 11.5. The van der Waals surface area contributed by atoms with Crippen molar-refractivity contribution in [3.63, 3.8) is 0 Å². The zero-order chi connectivity index (χ0) is 38.2. The van der Waals surface area contributed by atoms with E-state index in [4.69, 9.17) is 0 Å². The zero-order valence-electron chi connectivity index (χ0n) is 30.3. The minimum Gasteiger partial charge on any atom is -0.309 e. The number of nitriles is 3. The van der Waals surface area contributed by atoms with E-state index >= 15 is 0 Å². The molecule has 0 radical (unpaired) electrons. The van der Waals surface area contributed by atoms with Gasteiger partial charge >= 0.3 is 0 Å². The van der Waals surface area contributed by atoms with Crippen molar-refractivity contribution in [1.82, 2.24) is 13.7 Å². The summed E-state index contributed by atoms with van der Waals surface area (Å²) in [6, 6.07) is 64.6. The van der Waals surface area contributed by atoms with Crippen molar-refractivity contribution in [2.24, 2.45) is 0 Å². The van der Waals surface area contributed by atoms with Crippen LogP contribution in [0, 0.1) is 34.0 Å². The van der Waals surface area contributed by atoms with Gasteiger partial charge in [-0.15, -0.1) is 0 Å². The van der Waals surface area contributed by atoms with E-state index < -0.39 is 0 Å². The van der Waals surface area contributed by atoms with Gasteiger partial charge in [0.1, 0.15) is 6.07 Å². The Morgan fingerprint density at radius 2 is 0.912 bits per heavy atom. The lowest BCUT2D eigenvalue weighted by molar-refractivity contribution is 1.12. The molecule has 57 heavy (non-hydrogen) atoms. The van der Waals surface area contributed by atoms with Crippen LogP contribution >= 0.6 is 0 Å². The Labute approximate surface area is 326 Å². The standard InChI is InChI=1S/C51H28N6/c52-29-32-23-24-48-43(27-32)42-17-10-22-49(56-46-20-7-3-14-40(46)41-15-4-8-21-47(41)56)51(42)57(48)50-34(31-54)11-9-16-37(50)35-25-33(30-53)26-36(28-35)55-44-18-5-1-12-38(44)39-13-2-6-19-45(39)55/h1-28H. The maximum absolute atomic E-state index is 10.9. The number of benzene rings is 8. The van der Waals surface area contributed by atoms with Crippen LogP contribution in [0.4, 0.5) is 0 Å². The van der Waals surface area contributed by atoms with Gasteiger partial charge in [0.15, 0.2) is 0 Å². The fourth-order valence-electron chi connectivity index (χ4n) is 8.98. The van der Waals surface area contributed by atoms with Crippen LogP contribution in [0.25, 0.3) is 93.6 Å². The summed E-state index contributed by atoms with van der Waals surface area (Å²) in [5.74, 6) is 0. The van der Waals surface area contributed by atoms with E-state index in [0.717, 1.165) is 87.9 Å². The van der Waals surface area contributed by atoms with Crippen LogP contribution in [-0.2, 0) is 0 Å². The molecule has 0 aliphatic carbocycles. The van der Waals surface area contributed by atoms with Gasteiger partial charge < -0.3 is 13.7 Å². The van der Waals surface area contributed by atoms with Crippen LogP contribution < -0.4 is 0 Å². The Bertz CT molecular complexity index is 3520. The van der Waals surface area contributed by atoms with Gasteiger partial charge in [-0.1, -0.05) is 97.1 Å². The molecule has 0 atom stereocenters. The molecule has 6 heteroatoms. The molecule has 0 bridgehead atoms. The second-order valence-corrected chi connectivity index (χ2v) is 14.3. The van der Waals surface area contributed by atoms with E-state index in [1.807, 2.05) is 60.7 Å². The number of fused-ring (bicyclic) bond motifs is 9. The fourth-order valence-corrected chi connectivity index (χ4v) is 8.98. The third-order valence-corrected chi connectivity index (χ3v) is 11.3. The van der Waals surface area contributed by atoms with Gasteiger partial charge in [0, 0.05) is 43.6 Å². The molecular formula is C51H28N6. The molecule has 3 aromatic heterocycles. The average molecular weight is 725 g/mol. The minimum atomic E-state index is 0.480. The molecule has 6 nitrogen and oxygen atoms in total. The molecule has 8 aromatic carbocycles. The summed E-state index contributed by atoms with van der Waals surface area (Å²) in [4.78, 5) is 0. The highest BCUT2D eigenvalue weighted by Gasteiger charge is 2.24. The summed E-state index contributed by atoms with van der Waals surface area (Å²) < 4.78 is 6.71. The highest BCUT2D eigenvalue weighted by atomic mass is 15.1.